The predicted molar refractivity (Wildman–Crippen MR) is 117 cm³/mol. The van der Waals surface area contributed by atoms with Crippen LogP contribution in [0.4, 0.5) is 5.82 Å². The fourth-order valence-corrected chi connectivity index (χ4v) is 2.72. The number of nitrogens with one attached hydrogen (secondary N) is 1. The van der Waals surface area contributed by atoms with E-state index in [4.69, 9.17) is 25.8 Å². The second-order valence-corrected chi connectivity index (χ2v) is 6.97. The van der Waals surface area contributed by atoms with Crippen LogP contribution in [0.15, 0.2) is 66.9 Å². The van der Waals surface area contributed by atoms with E-state index in [0.717, 1.165) is 5.56 Å². The third-order valence-corrected chi connectivity index (χ3v) is 4.49. The first kappa shape index (κ1) is 22.1. The van der Waals surface area contributed by atoms with Crippen molar-refractivity contribution in [2.75, 3.05) is 12.4 Å². The summed E-state index contributed by atoms with van der Waals surface area (Å²) in [5.41, 5.74) is 1.23. The Morgan fingerprint density at radius 3 is 2.52 bits per heavy atom. The van der Waals surface area contributed by atoms with Crippen LogP contribution >= 0.6 is 11.6 Å². The quantitative estimate of drug-likeness (QED) is 0.519. The molecule has 8 heteroatoms. The topological polar surface area (TPSA) is 86.8 Å². The van der Waals surface area contributed by atoms with Gasteiger partial charge in [0.05, 0.1) is 17.7 Å². The molecule has 0 saturated heterocycles. The van der Waals surface area contributed by atoms with E-state index in [-0.39, 0.29) is 5.56 Å². The Balaban J connectivity index is 1.61. The maximum Gasteiger partial charge on any atom is 0.339 e. The highest BCUT2D eigenvalue weighted by Crippen LogP contribution is 2.29. The van der Waals surface area contributed by atoms with Crippen molar-refractivity contribution in [3.05, 3.63) is 83.0 Å². The number of pyridine rings is 1. The molecule has 1 unspecified atom stereocenters. The molecule has 1 aromatic heterocycles. The molecule has 1 amide bonds. The van der Waals surface area contributed by atoms with Crippen LogP contribution in [0.5, 0.6) is 11.5 Å². The van der Waals surface area contributed by atoms with E-state index in [1.54, 1.807) is 24.3 Å². The van der Waals surface area contributed by atoms with Gasteiger partial charge in [0.2, 0.25) is 0 Å². The summed E-state index contributed by atoms with van der Waals surface area (Å²) in [4.78, 5) is 28.7. The van der Waals surface area contributed by atoms with Crippen molar-refractivity contribution in [1.29, 1.82) is 0 Å². The molecule has 7 nitrogen and oxygen atoms in total. The average Bonchev–Trinajstić information content (AvgIpc) is 2.79. The summed E-state index contributed by atoms with van der Waals surface area (Å²) in [7, 11) is 1.48. The second-order valence-electron chi connectivity index (χ2n) is 6.54. The number of anilines is 1. The summed E-state index contributed by atoms with van der Waals surface area (Å²) in [6.07, 6.45) is 0.367. The Hall–Kier alpha value is -3.58. The van der Waals surface area contributed by atoms with Crippen LogP contribution in [0.1, 0.15) is 22.8 Å². The van der Waals surface area contributed by atoms with Gasteiger partial charge in [0, 0.05) is 6.20 Å². The normalized spacial score (nSPS) is 11.3. The molecule has 1 heterocycles. The molecule has 1 atom stereocenters. The van der Waals surface area contributed by atoms with Gasteiger partial charge in [-0.1, -0.05) is 41.9 Å². The lowest BCUT2D eigenvalue weighted by Crippen LogP contribution is -2.30. The van der Waals surface area contributed by atoms with Crippen LogP contribution in [0.3, 0.4) is 0 Å². The molecule has 0 bridgehead atoms. The molecule has 160 valence electrons. The zero-order valence-electron chi connectivity index (χ0n) is 17.0. The first-order chi connectivity index (χ1) is 15.0. The van der Waals surface area contributed by atoms with Gasteiger partial charge in [-0.2, -0.15) is 0 Å². The van der Waals surface area contributed by atoms with Crippen LogP contribution in [0.25, 0.3) is 0 Å². The zero-order chi connectivity index (χ0) is 22.2. The highest BCUT2D eigenvalue weighted by Gasteiger charge is 2.20. The summed E-state index contributed by atoms with van der Waals surface area (Å²) in [6, 6.07) is 17.5. The van der Waals surface area contributed by atoms with E-state index < -0.39 is 18.0 Å². The number of esters is 1. The van der Waals surface area contributed by atoms with E-state index in [9.17, 15) is 9.59 Å². The lowest BCUT2D eigenvalue weighted by molar-refractivity contribution is -0.123. The van der Waals surface area contributed by atoms with Gasteiger partial charge in [0.25, 0.3) is 5.91 Å². The van der Waals surface area contributed by atoms with Gasteiger partial charge in [0.1, 0.15) is 12.4 Å². The number of amides is 1. The van der Waals surface area contributed by atoms with Crippen LogP contribution in [-0.4, -0.2) is 30.1 Å². The number of rotatable bonds is 8. The third-order valence-electron chi connectivity index (χ3n) is 4.27. The van der Waals surface area contributed by atoms with Gasteiger partial charge in [-0.3, -0.25) is 4.79 Å². The maximum absolute atomic E-state index is 12.5. The van der Waals surface area contributed by atoms with Gasteiger partial charge in [0.15, 0.2) is 17.6 Å². The average molecular weight is 441 g/mol. The Morgan fingerprint density at radius 1 is 1.06 bits per heavy atom. The SMILES string of the molecule is COc1cc(C(=O)OC(C)C(=O)Nc2ccc(Cl)cn2)ccc1OCc1ccccc1. The zero-order valence-corrected chi connectivity index (χ0v) is 17.8. The number of benzene rings is 2. The monoisotopic (exact) mass is 440 g/mol. The van der Waals surface area contributed by atoms with Gasteiger partial charge < -0.3 is 19.5 Å². The molecule has 31 heavy (non-hydrogen) atoms. The molecule has 0 aliphatic heterocycles. The van der Waals surface area contributed by atoms with Crippen molar-refractivity contribution in [2.45, 2.75) is 19.6 Å². The highest BCUT2D eigenvalue weighted by atomic mass is 35.5. The predicted octanol–water partition coefficient (Wildman–Crippen LogP) is 4.51. The van der Waals surface area contributed by atoms with E-state index in [2.05, 4.69) is 10.3 Å². The number of carbonyl (C=O) groups is 2. The van der Waals surface area contributed by atoms with Crippen molar-refractivity contribution in [3.8, 4) is 11.5 Å². The molecular formula is C23H21ClN2O5. The molecule has 1 N–H and O–H groups in total. The molecule has 2 aromatic carbocycles. The Bertz CT molecular complexity index is 1040. The number of ether oxygens (including phenoxy) is 3. The summed E-state index contributed by atoms with van der Waals surface area (Å²) in [5.74, 6) is -0.00757. The Kier molecular flexibility index (Phi) is 7.45. The standard InChI is InChI=1S/C23H21ClN2O5/c1-15(22(27)26-21-11-9-18(24)13-25-21)31-23(28)17-8-10-19(20(12-17)29-2)30-14-16-6-4-3-5-7-16/h3-13,15H,14H2,1-2H3,(H,25,26,27). The first-order valence-electron chi connectivity index (χ1n) is 9.44. The first-order valence-corrected chi connectivity index (χ1v) is 9.82. The van der Waals surface area contributed by atoms with Crippen molar-refractivity contribution in [3.63, 3.8) is 0 Å². The fraction of sp³-hybridized carbons (Fsp3) is 0.174. The summed E-state index contributed by atoms with van der Waals surface area (Å²) in [6.45, 7) is 1.83. The Labute approximate surface area is 184 Å². The van der Waals surface area contributed by atoms with Crippen molar-refractivity contribution in [2.24, 2.45) is 0 Å². The summed E-state index contributed by atoms with van der Waals surface area (Å²) >= 11 is 5.77. The van der Waals surface area contributed by atoms with E-state index >= 15 is 0 Å². The van der Waals surface area contributed by atoms with Crippen LogP contribution in [0.2, 0.25) is 5.02 Å². The van der Waals surface area contributed by atoms with Crippen molar-refractivity contribution < 1.29 is 23.8 Å². The highest BCUT2D eigenvalue weighted by molar-refractivity contribution is 6.30. The largest absolute Gasteiger partial charge is 0.493 e. The number of hydrogen-bond acceptors (Lipinski definition) is 6. The molecule has 0 aliphatic rings. The summed E-state index contributed by atoms with van der Waals surface area (Å²) < 4.78 is 16.4. The number of hydrogen-bond donors (Lipinski definition) is 1. The number of aromatic nitrogens is 1. The minimum absolute atomic E-state index is 0.230. The molecule has 3 aromatic rings. The molecule has 0 radical (unpaired) electrons. The minimum Gasteiger partial charge on any atom is -0.493 e. The summed E-state index contributed by atoms with van der Waals surface area (Å²) in [5, 5.41) is 3.01. The fourth-order valence-electron chi connectivity index (χ4n) is 2.61. The molecule has 0 saturated carbocycles. The van der Waals surface area contributed by atoms with Crippen LogP contribution < -0.4 is 14.8 Å². The van der Waals surface area contributed by atoms with Gasteiger partial charge in [-0.15, -0.1) is 0 Å². The molecule has 0 spiro atoms. The molecule has 0 aliphatic carbocycles. The number of methoxy groups -OCH3 is 1. The molecule has 0 fully saturated rings. The second kappa shape index (κ2) is 10.4. The number of nitrogens with zero attached hydrogens (tertiary/aromatic N) is 1. The van der Waals surface area contributed by atoms with E-state index in [1.807, 2.05) is 30.3 Å². The van der Waals surface area contributed by atoms with Gasteiger partial charge >= 0.3 is 5.97 Å². The number of carbonyl (C=O) groups excluding carboxylic acids is 2. The molecule has 3 rings (SSSR count). The lowest BCUT2D eigenvalue weighted by atomic mass is 10.2. The van der Waals surface area contributed by atoms with Crippen molar-refractivity contribution in [1.82, 2.24) is 4.98 Å². The van der Waals surface area contributed by atoms with Gasteiger partial charge in [-0.25, -0.2) is 9.78 Å². The lowest BCUT2D eigenvalue weighted by Gasteiger charge is -2.15. The van der Waals surface area contributed by atoms with Gasteiger partial charge in [-0.05, 0) is 42.8 Å². The maximum atomic E-state index is 12.5. The number of halogens is 1. The Morgan fingerprint density at radius 2 is 1.84 bits per heavy atom. The minimum atomic E-state index is -1.04. The smallest absolute Gasteiger partial charge is 0.339 e. The van der Waals surface area contributed by atoms with Crippen LogP contribution in [0, 0.1) is 0 Å². The van der Waals surface area contributed by atoms with Crippen LogP contribution in [-0.2, 0) is 16.1 Å². The third kappa shape index (κ3) is 6.20. The van der Waals surface area contributed by atoms with E-state index in [1.165, 1.54) is 26.3 Å². The van der Waals surface area contributed by atoms with Crippen molar-refractivity contribution >= 4 is 29.3 Å². The molecular weight excluding hydrogens is 420 g/mol. The van der Waals surface area contributed by atoms with E-state index in [0.29, 0.717) is 28.9 Å².